The Kier molecular flexibility index (Phi) is 4.58. The van der Waals surface area contributed by atoms with Crippen molar-refractivity contribution in [2.45, 2.75) is 37.8 Å². The number of hydrogen-bond donors (Lipinski definition) is 3. The van der Waals surface area contributed by atoms with E-state index < -0.39 is 6.10 Å². The number of aliphatic hydroxyl groups is 2. The SMILES string of the molecule is OCC(O)CN1CCCC1C1CCNCC1. The quantitative estimate of drug-likeness (QED) is 0.624. The van der Waals surface area contributed by atoms with Gasteiger partial charge < -0.3 is 15.5 Å². The second kappa shape index (κ2) is 5.96. The van der Waals surface area contributed by atoms with Crippen molar-refractivity contribution in [2.75, 3.05) is 32.8 Å². The highest BCUT2D eigenvalue weighted by molar-refractivity contribution is 4.88. The summed E-state index contributed by atoms with van der Waals surface area (Å²) in [5.41, 5.74) is 0. The van der Waals surface area contributed by atoms with Crippen molar-refractivity contribution in [3.8, 4) is 0 Å². The number of likely N-dealkylation sites (tertiary alicyclic amines) is 1. The highest BCUT2D eigenvalue weighted by Gasteiger charge is 2.32. The number of β-amino-alcohol motifs (C(OH)–C–C–N with tert-alkyl or cyclic N) is 1. The molecule has 0 saturated carbocycles. The number of nitrogens with zero attached hydrogens (tertiary/aromatic N) is 1. The van der Waals surface area contributed by atoms with Crippen LogP contribution in [0.1, 0.15) is 25.7 Å². The average Bonchev–Trinajstić information content (AvgIpc) is 2.78. The summed E-state index contributed by atoms with van der Waals surface area (Å²) in [7, 11) is 0. The van der Waals surface area contributed by atoms with E-state index in [1.165, 1.54) is 25.7 Å². The Bertz CT molecular complexity index is 207. The molecule has 0 aromatic carbocycles. The van der Waals surface area contributed by atoms with Crippen LogP contribution in [-0.2, 0) is 0 Å². The van der Waals surface area contributed by atoms with Crippen LogP contribution in [0.25, 0.3) is 0 Å². The Morgan fingerprint density at radius 1 is 1.25 bits per heavy atom. The zero-order valence-electron chi connectivity index (χ0n) is 9.94. The predicted molar refractivity (Wildman–Crippen MR) is 63.3 cm³/mol. The Hall–Kier alpha value is -0.160. The van der Waals surface area contributed by atoms with Gasteiger partial charge in [0.25, 0.3) is 0 Å². The molecule has 2 unspecified atom stereocenters. The van der Waals surface area contributed by atoms with E-state index in [2.05, 4.69) is 10.2 Å². The van der Waals surface area contributed by atoms with Gasteiger partial charge in [0.05, 0.1) is 12.7 Å². The molecule has 0 radical (unpaired) electrons. The minimum absolute atomic E-state index is 0.116. The summed E-state index contributed by atoms with van der Waals surface area (Å²) in [6.45, 7) is 3.89. The molecule has 3 N–H and O–H groups in total. The summed E-state index contributed by atoms with van der Waals surface area (Å²) in [5, 5.41) is 21.8. The molecule has 94 valence electrons. The zero-order valence-corrected chi connectivity index (χ0v) is 9.94. The van der Waals surface area contributed by atoms with Gasteiger partial charge in [0.2, 0.25) is 0 Å². The lowest BCUT2D eigenvalue weighted by molar-refractivity contribution is 0.0433. The van der Waals surface area contributed by atoms with Crippen molar-refractivity contribution in [3.05, 3.63) is 0 Å². The average molecular weight is 228 g/mol. The second-order valence-electron chi connectivity index (χ2n) is 5.13. The van der Waals surface area contributed by atoms with Crippen LogP contribution in [0.5, 0.6) is 0 Å². The molecule has 4 nitrogen and oxygen atoms in total. The molecule has 2 fully saturated rings. The zero-order chi connectivity index (χ0) is 11.4. The molecule has 2 saturated heterocycles. The van der Waals surface area contributed by atoms with Crippen LogP contribution >= 0.6 is 0 Å². The lowest BCUT2D eigenvalue weighted by atomic mass is 9.88. The Morgan fingerprint density at radius 2 is 2.00 bits per heavy atom. The van der Waals surface area contributed by atoms with Crippen molar-refractivity contribution in [3.63, 3.8) is 0 Å². The van der Waals surface area contributed by atoms with Gasteiger partial charge in [-0.2, -0.15) is 0 Å². The summed E-state index contributed by atoms with van der Waals surface area (Å²) >= 11 is 0. The Morgan fingerprint density at radius 3 is 2.69 bits per heavy atom. The molecule has 2 aliphatic heterocycles. The van der Waals surface area contributed by atoms with Crippen molar-refractivity contribution in [1.29, 1.82) is 0 Å². The second-order valence-corrected chi connectivity index (χ2v) is 5.13. The topological polar surface area (TPSA) is 55.7 Å². The van der Waals surface area contributed by atoms with E-state index in [-0.39, 0.29) is 6.61 Å². The van der Waals surface area contributed by atoms with E-state index in [4.69, 9.17) is 5.11 Å². The third-order valence-electron chi connectivity index (χ3n) is 4.00. The van der Waals surface area contributed by atoms with Crippen molar-refractivity contribution in [1.82, 2.24) is 10.2 Å². The lowest BCUT2D eigenvalue weighted by Gasteiger charge is -2.35. The molecule has 0 aliphatic carbocycles. The van der Waals surface area contributed by atoms with Gasteiger partial charge in [-0.05, 0) is 51.2 Å². The standard InChI is InChI=1S/C12H24N2O2/c15-9-11(16)8-14-7-1-2-12(14)10-3-5-13-6-4-10/h10-13,15-16H,1-9H2. The minimum Gasteiger partial charge on any atom is -0.394 e. The number of aliphatic hydroxyl groups excluding tert-OH is 2. The number of nitrogens with one attached hydrogen (secondary N) is 1. The fraction of sp³-hybridized carbons (Fsp3) is 1.00. The van der Waals surface area contributed by atoms with E-state index in [1.807, 2.05) is 0 Å². The van der Waals surface area contributed by atoms with Crippen LogP contribution in [0.2, 0.25) is 0 Å². The number of piperidine rings is 1. The highest BCUT2D eigenvalue weighted by Crippen LogP contribution is 2.29. The summed E-state index contributed by atoms with van der Waals surface area (Å²) in [4.78, 5) is 2.39. The third-order valence-corrected chi connectivity index (χ3v) is 4.00. The first-order chi connectivity index (χ1) is 7.81. The van der Waals surface area contributed by atoms with E-state index in [9.17, 15) is 5.11 Å². The molecule has 2 heterocycles. The molecule has 0 bridgehead atoms. The van der Waals surface area contributed by atoms with Crippen LogP contribution < -0.4 is 5.32 Å². The normalized spacial score (nSPS) is 30.8. The number of rotatable bonds is 4. The van der Waals surface area contributed by atoms with Crippen molar-refractivity contribution < 1.29 is 10.2 Å². The Balaban J connectivity index is 1.86. The fourth-order valence-corrected chi connectivity index (χ4v) is 3.17. The van der Waals surface area contributed by atoms with E-state index in [1.54, 1.807) is 0 Å². The minimum atomic E-state index is -0.567. The van der Waals surface area contributed by atoms with Gasteiger partial charge >= 0.3 is 0 Å². The first-order valence-corrected chi connectivity index (χ1v) is 6.55. The van der Waals surface area contributed by atoms with Gasteiger partial charge in [0, 0.05) is 12.6 Å². The molecule has 16 heavy (non-hydrogen) atoms. The maximum Gasteiger partial charge on any atom is 0.0897 e. The smallest absolute Gasteiger partial charge is 0.0897 e. The molecule has 0 aromatic rings. The van der Waals surface area contributed by atoms with Gasteiger partial charge in [-0.15, -0.1) is 0 Å². The van der Waals surface area contributed by atoms with Gasteiger partial charge in [0.15, 0.2) is 0 Å². The maximum atomic E-state index is 9.53. The fourth-order valence-electron chi connectivity index (χ4n) is 3.17. The summed E-state index contributed by atoms with van der Waals surface area (Å²) in [6, 6.07) is 0.642. The lowest BCUT2D eigenvalue weighted by Crippen LogP contribution is -2.44. The highest BCUT2D eigenvalue weighted by atomic mass is 16.3. The van der Waals surface area contributed by atoms with E-state index in [0.717, 1.165) is 25.6 Å². The van der Waals surface area contributed by atoms with Gasteiger partial charge in [-0.25, -0.2) is 0 Å². The molecular formula is C12H24N2O2. The monoisotopic (exact) mass is 228 g/mol. The molecule has 0 spiro atoms. The third kappa shape index (κ3) is 2.94. The number of hydrogen-bond acceptors (Lipinski definition) is 4. The molecule has 2 atom stereocenters. The maximum absolute atomic E-state index is 9.53. The first-order valence-electron chi connectivity index (χ1n) is 6.55. The molecule has 0 amide bonds. The van der Waals surface area contributed by atoms with Crippen molar-refractivity contribution in [2.24, 2.45) is 5.92 Å². The Labute approximate surface area is 97.6 Å². The molecule has 2 aliphatic rings. The summed E-state index contributed by atoms with van der Waals surface area (Å²) in [5.74, 6) is 0.787. The van der Waals surface area contributed by atoms with Crippen LogP contribution in [0.3, 0.4) is 0 Å². The van der Waals surface area contributed by atoms with E-state index in [0.29, 0.717) is 12.6 Å². The first kappa shape index (κ1) is 12.3. The summed E-state index contributed by atoms with van der Waals surface area (Å²) in [6.07, 6.45) is 4.46. The predicted octanol–water partition coefficient (Wildman–Crippen LogP) is -0.196. The van der Waals surface area contributed by atoms with Crippen LogP contribution in [-0.4, -0.2) is 60.0 Å². The van der Waals surface area contributed by atoms with Crippen LogP contribution in [0, 0.1) is 5.92 Å². The van der Waals surface area contributed by atoms with Crippen LogP contribution in [0.4, 0.5) is 0 Å². The van der Waals surface area contributed by atoms with Gasteiger partial charge in [-0.1, -0.05) is 0 Å². The van der Waals surface area contributed by atoms with Crippen LogP contribution in [0.15, 0.2) is 0 Å². The van der Waals surface area contributed by atoms with Gasteiger partial charge in [0.1, 0.15) is 0 Å². The molecule has 2 rings (SSSR count). The largest absolute Gasteiger partial charge is 0.394 e. The molecular weight excluding hydrogens is 204 g/mol. The van der Waals surface area contributed by atoms with Gasteiger partial charge in [-0.3, -0.25) is 4.90 Å². The molecule has 0 aromatic heterocycles. The van der Waals surface area contributed by atoms with Crippen molar-refractivity contribution >= 4 is 0 Å². The molecule has 4 heteroatoms. The summed E-state index contributed by atoms with van der Waals surface area (Å²) < 4.78 is 0. The van der Waals surface area contributed by atoms with E-state index >= 15 is 0 Å².